The molecular formula is C22H15Cl2N3O4S2. The first kappa shape index (κ1) is 23.1. The number of hydrogen-bond donors (Lipinski definition) is 2. The van der Waals surface area contributed by atoms with Crippen molar-refractivity contribution in [3.8, 4) is 16.8 Å². The van der Waals surface area contributed by atoms with E-state index in [1.807, 2.05) is 35.1 Å². The van der Waals surface area contributed by atoms with E-state index in [1.165, 1.54) is 34.9 Å². The zero-order chi connectivity index (χ0) is 23.6. The van der Waals surface area contributed by atoms with Crippen LogP contribution in [-0.2, 0) is 10.0 Å². The fraction of sp³-hybridized carbons (Fsp3) is 0. The number of sulfonamides is 1. The molecule has 2 amide bonds. The van der Waals surface area contributed by atoms with Gasteiger partial charge in [0.25, 0.3) is 15.6 Å². The highest BCUT2D eigenvalue weighted by Crippen LogP contribution is 2.27. The topological polar surface area (TPSA) is 97.3 Å². The summed E-state index contributed by atoms with van der Waals surface area (Å²) in [5.41, 5.74) is 2.13. The third-order valence-corrected chi connectivity index (χ3v) is 7.88. The first-order valence-corrected chi connectivity index (χ1v) is 12.5. The van der Waals surface area contributed by atoms with Gasteiger partial charge in [0.15, 0.2) is 0 Å². The Morgan fingerprint density at radius 1 is 0.909 bits per heavy atom. The lowest BCUT2D eigenvalue weighted by molar-refractivity contribution is 0.256. The van der Waals surface area contributed by atoms with Crippen molar-refractivity contribution < 1.29 is 13.2 Å². The molecule has 0 saturated heterocycles. The van der Waals surface area contributed by atoms with E-state index in [-0.39, 0.29) is 24.8 Å². The lowest BCUT2D eigenvalue weighted by atomic mass is 10.1. The van der Waals surface area contributed by atoms with Crippen LogP contribution in [0.4, 0.5) is 10.5 Å². The minimum Gasteiger partial charge on any atom is -0.307 e. The van der Waals surface area contributed by atoms with E-state index in [1.54, 1.807) is 18.3 Å². The van der Waals surface area contributed by atoms with Gasteiger partial charge in [-0.2, -0.15) is 0 Å². The Balaban J connectivity index is 1.55. The Morgan fingerprint density at radius 2 is 1.67 bits per heavy atom. The molecule has 0 unspecified atom stereocenters. The van der Waals surface area contributed by atoms with Crippen LogP contribution >= 0.6 is 34.5 Å². The predicted octanol–water partition coefficient (Wildman–Crippen LogP) is 5.38. The Kier molecular flexibility index (Phi) is 6.57. The molecule has 7 nitrogen and oxygen atoms in total. The molecule has 0 aliphatic rings. The van der Waals surface area contributed by atoms with Crippen molar-refractivity contribution in [2.24, 2.45) is 0 Å². The van der Waals surface area contributed by atoms with E-state index >= 15 is 0 Å². The fourth-order valence-corrected chi connectivity index (χ4v) is 5.69. The largest absolute Gasteiger partial charge is 0.333 e. The number of carbonyl (C=O) groups excluding carboxylic acids is 1. The van der Waals surface area contributed by atoms with Gasteiger partial charge in [0, 0.05) is 18.0 Å². The lowest BCUT2D eigenvalue weighted by Gasteiger charge is -2.12. The van der Waals surface area contributed by atoms with Crippen molar-refractivity contribution >= 4 is 56.3 Å². The number of aromatic nitrogens is 1. The number of amides is 2. The van der Waals surface area contributed by atoms with Crippen molar-refractivity contribution in [3.63, 3.8) is 0 Å². The SMILES string of the molecule is O=C(Nc1ccc(-n2cc(-c3ccccc3)ccc2=O)c(Cl)c1)NS(=O)(=O)c1ccc(Cl)s1. The monoisotopic (exact) mass is 519 g/mol. The second kappa shape index (κ2) is 9.40. The molecule has 11 heteroatoms. The van der Waals surface area contributed by atoms with Crippen LogP contribution in [0, 0.1) is 0 Å². The smallest absolute Gasteiger partial charge is 0.307 e. The van der Waals surface area contributed by atoms with Crippen molar-refractivity contribution in [2.75, 3.05) is 5.32 Å². The molecule has 2 aromatic heterocycles. The van der Waals surface area contributed by atoms with Crippen LogP contribution < -0.4 is 15.6 Å². The maximum atomic E-state index is 12.5. The molecule has 0 saturated carbocycles. The number of benzene rings is 2. The Bertz CT molecular complexity index is 1500. The quantitative estimate of drug-likeness (QED) is 0.369. The van der Waals surface area contributed by atoms with Crippen LogP contribution in [0.15, 0.2) is 88.0 Å². The molecular weight excluding hydrogens is 505 g/mol. The minimum absolute atomic E-state index is 0.0892. The molecule has 0 radical (unpaired) electrons. The number of thiophene rings is 1. The van der Waals surface area contributed by atoms with Gasteiger partial charge in [-0.1, -0.05) is 53.5 Å². The molecule has 0 aliphatic carbocycles. The number of nitrogens with zero attached hydrogens (tertiary/aromatic N) is 1. The summed E-state index contributed by atoms with van der Waals surface area (Å²) in [5, 5.41) is 2.60. The number of anilines is 1. The summed E-state index contributed by atoms with van der Waals surface area (Å²) in [5.74, 6) is 0. The van der Waals surface area contributed by atoms with Crippen molar-refractivity contribution in [1.82, 2.24) is 9.29 Å². The summed E-state index contributed by atoms with van der Waals surface area (Å²) in [7, 11) is -4.06. The average Bonchev–Trinajstić information content (AvgIpc) is 3.22. The summed E-state index contributed by atoms with van der Waals surface area (Å²) in [4.78, 5) is 24.7. The van der Waals surface area contributed by atoms with Gasteiger partial charge in [-0.25, -0.2) is 17.9 Å². The summed E-state index contributed by atoms with van der Waals surface area (Å²) in [6, 6.07) is 19.0. The summed E-state index contributed by atoms with van der Waals surface area (Å²) in [6.07, 6.45) is 1.68. The second-order valence-electron chi connectivity index (χ2n) is 6.78. The summed E-state index contributed by atoms with van der Waals surface area (Å²) >= 11 is 13.0. The molecule has 168 valence electrons. The first-order chi connectivity index (χ1) is 15.7. The number of urea groups is 1. The van der Waals surface area contributed by atoms with Crippen LogP contribution in [-0.4, -0.2) is 19.0 Å². The van der Waals surface area contributed by atoms with Gasteiger partial charge in [-0.15, -0.1) is 11.3 Å². The highest BCUT2D eigenvalue weighted by molar-refractivity contribution is 7.92. The molecule has 4 rings (SSSR count). The molecule has 0 aliphatic heterocycles. The first-order valence-electron chi connectivity index (χ1n) is 9.40. The normalized spacial score (nSPS) is 11.2. The maximum Gasteiger partial charge on any atom is 0.333 e. The zero-order valence-corrected chi connectivity index (χ0v) is 19.8. The Labute approximate surface area is 203 Å². The Hall–Kier alpha value is -3.11. The number of pyridine rings is 1. The molecule has 0 fully saturated rings. The summed E-state index contributed by atoms with van der Waals surface area (Å²) in [6.45, 7) is 0. The zero-order valence-electron chi connectivity index (χ0n) is 16.7. The van der Waals surface area contributed by atoms with E-state index in [0.717, 1.165) is 22.5 Å². The van der Waals surface area contributed by atoms with Crippen LogP contribution in [0.5, 0.6) is 0 Å². The molecule has 0 bridgehead atoms. The molecule has 0 atom stereocenters. The van der Waals surface area contributed by atoms with Gasteiger partial charge in [-0.05, 0) is 47.5 Å². The molecule has 0 spiro atoms. The molecule has 2 N–H and O–H groups in total. The standard InChI is InChI=1S/C22H15Cl2N3O4S2/c23-17-12-16(25-22(29)26-33(30,31)21-11-9-19(24)32-21)7-8-18(17)27-13-15(6-10-20(27)28)14-4-2-1-3-5-14/h1-13H,(H2,25,26,29). The van der Waals surface area contributed by atoms with Crippen molar-refractivity contribution in [2.45, 2.75) is 4.21 Å². The van der Waals surface area contributed by atoms with Gasteiger partial charge in [-0.3, -0.25) is 9.36 Å². The van der Waals surface area contributed by atoms with Gasteiger partial charge in [0.1, 0.15) is 4.21 Å². The van der Waals surface area contributed by atoms with Crippen LogP contribution in [0.25, 0.3) is 16.8 Å². The predicted molar refractivity (Wildman–Crippen MR) is 131 cm³/mol. The van der Waals surface area contributed by atoms with Gasteiger partial charge in [0.2, 0.25) is 0 Å². The number of halogens is 2. The van der Waals surface area contributed by atoms with Gasteiger partial charge >= 0.3 is 6.03 Å². The highest BCUT2D eigenvalue weighted by atomic mass is 35.5. The molecule has 33 heavy (non-hydrogen) atoms. The molecule has 2 aromatic carbocycles. The van der Waals surface area contributed by atoms with E-state index in [4.69, 9.17) is 23.2 Å². The van der Waals surface area contributed by atoms with Crippen LogP contribution in [0.1, 0.15) is 0 Å². The van der Waals surface area contributed by atoms with E-state index in [9.17, 15) is 18.0 Å². The van der Waals surface area contributed by atoms with E-state index in [0.29, 0.717) is 5.69 Å². The van der Waals surface area contributed by atoms with Crippen LogP contribution in [0.3, 0.4) is 0 Å². The molecule has 2 heterocycles. The fourth-order valence-electron chi connectivity index (χ4n) is 3.03. The third kappa shape index (κ3) is 5.28. The van der Waals surface area contributed by atoms with Gasteiger partial charge < -0.3 is 5.32 Å². The average molecular weight is 520 g/mol. The number of hydrogen-bond acceptors (Lipinski definition) is 5. The van der Waals surface area contributed by atoms with Crippen molar-refractivity contribution in [3.05, 3.63) is 98.7 Å². The van der Waals surface area contributed by atoms with E-state index < -0.39 is 16.1 Å². The number of nitrogens with one attached hydrogen (secondary N) is 2. The Morgan fingerprint density at radius 3 is 2.33 bits per heavy atom. The second-order valence-corrected chi connectivity index (χ2v) is 10.8. The van der Waals surface area contributed by atoms with Crippen LogP contribution in [0.2, 0.25) is 9.36 Å². The lowest BCUT2D eigenvalue weighted by Crippen LogP contribution is -2.33. The van der Waals surface area contributed by atoms with E-state index in [2.05, 4.69) is 5.32 Å². The van der Waals surface area contributed by atoms with Gasteiger partial charge in [0.05, 0.1) is 15.0 Å². The van der Waals surface area contributed by atoms with Crippen molar-refractivity contribution in [1.29, 1.82) is 0 Å². The maximum absolute atomic E-state index is 12.5. The number of carbonyl (C=O) groups is 1. The third-order valence-electron chi connectivity index (χ3n) is 4.52. The summed E-state index contributed by atoms with van der Waals surface area (Å²) < 4.78 is 28.0. The number of rotatable bonds is 5. The highest BCUT2D eigenvalue weighted by Gasteiger charge is 2.20. The molecule has 4 aromatic rings. The minimum atomic E-state index is -4.06.